The van der Waals surface area contributed by atoms with Gasteiger partial charge in [0.1, 0.15) is 5.75 Å². The van der Waals surface area contributed by atoms with Gasteiger partial charge in [-0.05, 0) is 43.4 Å². The number of carboxylic acids is 1. The number of rotatable bonds is 5. The number of carboxylic acid groups (broad SMARTS) is 1. The third-order valence-corrected chi connectivity index (χ3v) is 4.75. The maximum absolute atomic E-state index is 12.4. The van der Waals surface area contributed by atoms with Crippen molar-refractivity contribution in [2.75, 3.05) is 6.61 Å². The van der Waals surface area contributed by atoms with Crippen molar-refractivity contribution in [1.29, 1.82) is 0 Å². The van der Waals surface area contributed by atoms with Crippen molar-refractivity contribution in [3.05, 3.63) is 42.0 Å². The fraction of sp³-hybridized carbons (Fsp3) is 0.389. The Bertz CT molecular complexity index is 730. The highest BCUT2D eigenvalue weighted by molar-refractivity contribution is 5.96. The average molecular weight is 344 g/mol. The van der Waals surface area contributed by atoms with Gasteiger partial charge in [0.15, 0.2) is 0 Å². The van der Waals surface area contributed by atoms with Crippen molar-refractivity contribution >= 4 is 17.8 Å². The quantitative estimate of drug-likeness (QED) is 0.553. The van der Waals surface area contributed by atoms with E-state index in [1.165, 1.54) is 0 Å². The van der Waals surface area contributed by atoms with Crippen molar-refractivity contribution < 1.29 is 24.2 Å². The van der Waals surface area contributed by atoms with Gasteiger partial charge >= 0.3 is 5.97 Å². The zero-order valence-corrected chi connectivity index (χ0v) is 13.8. The molecule has 1 saturated carbocycles. The van der Waals surface area contributed by atoms with E-state index in [9.17, 15) is 19.5 Å². The SMILES string of the molecule is CCOc1cccc(C(=O)NNC(=O)[C@H]2[C@@H](C(=O)O)[C@H]3C=C[C@@H]2C3)c1. The van der Waals surface area contributed by atoms with Crippen LogP contribution in [0.5, 0.6) is 5.75 Å². The van der Waals surface area contributed by atoms with Crippen molar-refractivity contribution in [1.82, 2.24) is 10.9 Å². The molecule has 0 spiro atoms. The van der Waals surface area contributed by atoms with E-state index < -0.39 is 29.6 Å². The molecule has 0 unspecified atom stereocenters. The van der Waals surface area contributed by atoms with Gasteiger partial charge in [-0.15, -0.1) is 0 Å². The second-order valence-corrected chi connectivity index (χ2v) is 6.24. The minimum absolute atomic E-state index is 0.0933. The Morgan fingerprint density at radius 3 is 2.56 bits per heavy atom. The van der Waals surface area contributed by atoms with Gasteiger partial charge < -0.3 is 9.84 Å². The molecule has 0 aliphatic heterocycles. The summed E-state index contributed by atoms with van der Waals surface area (Å²) in [5.74, 6) is -2.99. The van der Waals surface area contributed by atoms with Gasteiger partial charge in [-0.3, -0.25) is 25.2 Å². The molecule has 0 aromatic heterocycles. The van der Waals surface area contributed by atoms with Crippen molar-refractivity contribution in [3.63, 3.8) is 0 Å². The second kappa shape index (κ2) is 6.96. The van der Waals surface area contributed by atoms with Crippen molar-refractivity contribution in [2.45, 2.75) is 13.3 Å². The molecular formula is C18H20N2O5. The molecule has 132 valence electrons. The van der Waals surface area contributed by atoms with Crippen LogP contribution in [0.25, 0.3) is 0 Å². The predicted molar refractivity (Wildman–Crippen MR) is 88.6 cm³/mol. The summed E-state index contributed by atoms with van der Waals surface area (Å²) in [6, 6.07) is 6.59. The number of amides is 2. The van der Waals surface area contributed by atoms with Gasteiger partial charge in [-0.2, -0.15) is 0 Å². The van der Waals surface area contributed by atoms with Crippen LogP contribution in [0, 0.1) is 23.7 Å². The maximum Gasteiger partial charge on any atom is 0.307 e. The van der Waals surface area contributed by atoms with Crippen LogP contribution in [-0.4, -0.2) is 29.5 Å². The molecule has 7 heteroatoms. The van der Waals surface area contributed by atoms with E-state index in [4.69, 9.17) is 4.74 Å². The molecule has 25 heavy (non-hydrogen) atoms. The smallest absolute Gasteiger partial charge is 0.307 e. The monoisotopic (exact) mass is 344 g/mol. The highest BCUT2D eigenvalue weighted by Gasteiger charge is 2.51. The first kappa shape index (κ1) is 17.0. The van der Waals surface area contributed by atoms with Crippen LogP contribution >= 0.6 is 0 Å². The fourth-order valence-corrected chi connectivity index (χ4v) is 3.68. The number of carbonyl (C=O) groups is 3. The first-order valence-corrected chi connectivity index (χ1v) is 8.25. The lowest BCUT2D eigenvalue weighted by atomic mass is 9.82. The molecule has 0 radical (unpaired) electrons. The highest BCUT2D eigenvalue weighted by atomic mass is 16.5. The van der Waals surface area contributed by atoms with Gasteiger partial charge in [0.2, 0.25) is 5.91 Å². The number of nitrogens with one attached hydrogen (secondary N) is 2. The van der Waals surface area contributed by atoms with Crippen LogP contribution < -0.4 is 15.6 Å². The topological polar surface area (TPSA) is 105 Å². The Morgan fingerprint density at radius 1 is 1.16 bits per heavy atom. The summed E-state index contributed by atoms with van der Waals surface area (Å²) in [7, 11) is 0. The molecule has 1 fully saturated rings. The van der Waals surface area contributed by atoms with Gasteiger partial charge in [0.25, 0.3) is 5.91 Å². The normalized spacial score (nSPS) is 26.3. The number of aliphatic carboxylic acids is 1. The van der Waals surface area contributed by atoms with Crippen LogP contribution in [0.4, 0.5) is 0 Å². The first-order valence-electron chi connectivity index (χ1n) is 8.25. The van der Waals surface area contributed by atoms with Crippen LogP contribution in [0.15, 0.2) is 36.4 Å². The van der Waals surface area contributed by atoms with E-state index in [2.05, 4.69) is 10.9 Å². The summed E-state index contributed by atoms with van der Waals surface area (Å²) in [5.41, 5.74) is 5.06. The fourth-order valence-electron chi connectivity index (χ4n) is 3.68. The third-order valence-electron chi connectivity index (χ3n) is 4.75. The minimum Gasteiger partial charge on any atom is -0.494 e. The molecule has 2 aliphatic carbocycles. The summed E-state index contributed by atoms with van der Waals surface area (Å²) in [6.45, 7) is 2.33. The molecule has 0 saturated heterocycles. The maximum atomic E-state index is 12.4. The third kappa shape index (κ3) is 3.35. The summed E-state index contributed by atoms with van der Waals surface area (Å²) in [6.07, 6.45) is 4.42. The van der Waals surface area contributed by atoms with Crippen LogP contribution in [0.3, 0.4) is 0 Å². The summed E-state index contributed by atoms with van der Waals surface area (Å²) in [4.78, 5) is 36.0. The minimum atomic E-state index is -0.979. The lowest BCUT2D eigenvalue weighted by molar-refractivity contribution is -0.148. The number of fused-ring (bicyclic) bond motifs is 2. The largest absolute Gasteiger partial charge is 0.494 e. The zero-order valence-electron chi connectivity index (χ0n) is 13.8. The number of hydrazine groups is 1. The Hall–Kier alpha value is -2.83. The second-order valence-electron chi connectivity index (χ2n) is 6.24. The molecule has 1 aromatic rings. The van der Waals surface area contributed by atoms with E-state index in [-0.39, 0.29) is 11.8 Å². The molecule has 1 aromatic carbocycles. The van der Waals surface area contributed by atoms with Gasteiger partial charge in [0, 0.05) is 5.56 Å². The molecule has 2 amide bonds. The molecule has 2 bridgehead atoms. The highest BCUT2D eigenvalue weighted by Crippen LogP contribution is 2.48. The molecule has 0 heterocycles. The molecular weight excluding hydrogens is 324 g/mol. The number of allylic oxidation sites excluding steroid dienone is 2. The van der Waals surface area contributed by atoms with Gasteiger partial charge in [-0.25, -0.2) is 0 Å². The van der Waals surface area contributed by atoms with Crippen molar-refractivity contribution in [2.24, 2.45) is 23.7 Å². The first-order chi connectivity index (χ1) is 12.0. The van der Waals surface area contributed by atoms with Gasteiger partial charge in [-0.1, -0.05) is 18.2 Å². The number of ether oxygens (including phenoxy) is 1. The Morgan fingerprint density at radius 2 is 1.88 bits per heavy atom. The predicted octanol–water partition coefficient (Wildman–Crippen LogP) is 1.37. The number of hydrogen-bond donors (Lipinski definition) is 3. The lowest BCUT2D eigenvalue weighted by Crippen LogP contribution is -2.48. The Balaban J connectivity index is 1.62. The summed E-state index contributed by atoms with van der Waals surface area (Å²) < 4.78 is 5.34. The standard InChI is InChI=1S/C18H20N2O5/c1-2-25-13-5-3-4-12(9-13)16(21)19-20-17(22)14-10-6-7-11(8-10)15(14)18(23)24/h3-7,9-11,14-15H,2,8H2,1H3,(H,19,21)(H,20,22)(H,23,24)/t10-,11+,14-,15+/m1/s1. The molecule has 2 aliphatic rings. The Labute approximate surface area is 145 Å². The number of benzene rings is 1. The number of hydrogen-bond acceptors (Lipinski definition) is 4. The summed E-state index contributed by atoms with van der Waals surface area (Å²) >= 11 is 0. The summed E-state index contributed by atoms with van der Waals surface area (Å²) in [5, 5.41) is 9.38. The molecule has 7 nitrogen and oxygen atoms in total. The molecule has 3 N–H and O–H groups in total. The number of carbonyl (C=O) groups excluding carboxylic acids is 2. The molecule has 3 rings (SSSR count). The van der Waals surface area contributed by atoms with Crippen LogP contribution in [0.1, 0.15) is 23.7 Å². The van der Waals surface area contributed by atoms with Crippen molar-refractivity contribution in [3.8, 4) is 5.75 Å². The average Bonchev–Trinajstić information content (AvgIpc) is 3.21. The van der Waals surface area contributed by atoms with E-state index >= 15 is 0 Å². The van der Waals surface area contributed by atoms with Crippen LogP contribution in [-0.2, 0) is 9.59 Å². The van der Waals surface area contributed by atoms with E-state index in [1.807, 2.05) is 19.1 Å². The Kier molecular flexibility index (Phi) is 4.74. The van der Waals surface area contributed by atoms with E-state index in [0.29, 0.717) is 24.3 Å². The van der Waals surface area contributed by atoms with Gasteiger partial charge in [0.05, 0.1) is 18.4 Å². The zero-order chi connectivity index (χ0) is 18.0. The van der Waals surface area contributed by atoms with E-state index in [1.54, 1.807) is 24.3 Å². The van der Waals surface area contributed by atoms with Crippen LogP contribution in [0.2, 0.25) is 0 Å². The lowest BCUT2D eigenvalue weighted by Gasteiger charge is -2.23. The van der Waals surface area contributed by atoms with E-state index in [0.717, 1.165) is 0 Å². The molecule has 4 atom stereocenters.